The van der Waals surface area contributed by atoms with Crippen LogP contribution in [0.2, 0.25) is 0 Å². The largest absolute Gasteiger partial charge is 0.366 e. The highest BCUT2D eigenvalue weighted by molar-refractivity contribution is 6.02. The summed E-state index contributed by atoms with van der Waals surface area (Å²) in [5, 5.41) is 4.41. The van der Waals surface area contributed by atoms with Crippen molar-refractivity contribution in [3.63, 3.8) is 0 Å². The molecule has 0 saturated carbocycles. The van der Waals surface area contributed by atoms with Crippen LogP contribution < -0.4 is 11.1 Å². The van der Waals surface area contributed by atoms with Crippen molar-refractivity contribution in [2.75, 3.05) is 5.32 Å². The van der Waals surface area contributed by atoms with E-state index in [1.807, 2.05) is 60.7 Å². The van der Waals surface area contributed by atoms with Crippen molar-refractivity contribution >= 4 is 22.6 Å². The summed E-state index contributed by atoms with van der Waals surface area (Å²) < 4.78 is 0. The lowest BCUT2D eigenvalue weighted by Crippen LogP contribution is -2.10. The first-order valence-corrected chi connectivity index (χ1v) is 10.6. The number of benzene rings is 3. The van der Waals surface area contributed by atoms with Crippen molar-refractivity contribution in [2.45, 2.75) is 6.54 Å². The number of hydrogen-bond donors (Lipinski definition) is 2. The van der Waals surface area contributed by atoms with Gasteiger partial charge in [-0.15, -0.1) is 0 Å². The standard InChI is InChI=1S/C27H21N5O/c28-25(33)19-12-14-20(15-13-19)26-31-23-11-6-10-22(18-7-2-1-3-8-18)24(23)27(32-26)30-17-21-9-4-5-16-29-21/h1-16H,17H2,(H2,28,33)(H,30,31,32). The van der Waals surface area contributed by atoms with Crippen LogP contribution >= 0.6 is 0 Å². The molecule has 2 aromatic heterocycles. The quantitative estimate of drug-likeness (QED) is 0.391. The molecule has 6 heteroatoms. The maximum absolute atomic E-state index is 11.4. The predicted molar refractivity (Wildman–Crippen MR) is 130 cm³/mol. The molecule has 160 valence electrons. The molecule has 0 atom stereocenters. The molecule has 0 aliphatic carbocycles. The Bertz CT molecular complexity index is 1420. The van der Waals surface area contributed by atoms with E-state index in [0.29, 0.717) is 17.9 Å². The molecule has 0 fully saturated rings. The second-order valence-corrected chi connectivity index (χ2v) is 7.58. The van der Waals surface area contributed by atoms with Gasteiger partial charge in [0.15, 0.2) is 5.82 Å². The number of aromatic nitrogens is 3. The van der Waals surface area contributed by atoms with Gasteiger partial charge in [-0.2, -0.15) is 0 Å². The van der Waals surface area contributed by atoms with Gasteiger partial charge in [-0.25, -0.2) is 9.97 Å². The van der Waals surface area contributed by atoms with E-state index in [1.165, 1.54) is 0 Å². The minimum Gasteiger partial charge on any atom is -0.366 e. The van der Waals surface area contributed by atoms with Crippen LogP contribution in [0, 0.1) is 0 Å². The van der Waals surface area contributed by atoms with E-state index >= 15 is 0 Å². The first kappa shape index (κ1) is 20.3. The van der Waals surface area contributed by atoms with Crippen LogP contribution in [0.4, 0.5) is 5.82 Å². The van der Waals surface area contributed by atoms with Gasteiger partial charge < -0.3 is 11.1 Å². The number of anilines is 1. The second-order valence-electron chi connectivity index (χ2n) is 7.58. The lowest BCUT2D eigenvalue weighted by atomic mass is 10.0. The van der Waals surface area contributed by atoms with Gasteiger partial charge in [0, 0.05) is 17.3 Å². The van der Waals surface area contributed by atoms with Gasteiger partial charge in [0.05, 0.1) is 23.1 Å². The van der Waals surface area contributed by atoms with Gasteiger partial charge in [-0.1, -0.05) is 60.7 Å². The average Bonchev–Trinajstić information content (AvgIpc) is 2.88. The van der Waals surface area contributed by atoms with Gasteiger partial charge in [0.2, 0.25) is 5.91 Å². The average molecular weight is 431 g/mol. The molecule has 6 nitrogen and oxygen atoms in total. The highest BCUT2D eigenvalue weighted by atomic mass is 16.1. The molecule has 3 aromatic carbocycles. The van der Waals surface area contributed by atoms with Gasteiger partial charge in [0.25, 0.3) is 0 Å². The zero-order chi connectivity index (χ0) is 22.6. The first-order chi connectivity index (χ1) is 16.2. The molecular formula is C27H21N5O. The zero-order valence-electron chi connectivity index (χ0n) is 17.8. The molecule has 5 aromatic rings. The van der Waals surface area contributed by atoms with E-state index in [-0.39, 0.29) is 0 Å². The summed E-state index contributed by atoms with van der Waals surface area (Å²) in [5.41, 5.74) is 10.5. The lowest BCUT2D eigenvalue weighted by molar-refractivity contribution is 0.100. The number of nitrogens with two attached hydrogens (primary N) is 1. The monoisotopic (exact) mass is 431 g/mol. The minimum absolute atomic E-state index is 0.444. The third kappa shape index (κ3) is 4.27. The molecule has 2 heterocycles. The Kier molecular flexibility index (Phi) is 5.47. The van der Waals surface area contributed by atoms with Crippen molar-refractivity contribution in [3.8, 4) is 22.5 Å². The third-order valence-electron chi connectivity index (χ3n) is 5.40. The summed E-state index contributed by atoms with van der Waals surface area (Å²) in [6.45, 7) is 0.524. The Morgan fingerprint density at radius 3 is 2.30 bits per heavy atom. The number of nitrogens with one attached hydrogen (secondary N) is 1. The molecule has 5 rings (SSSR count). The maximum Gasteiger partial charge on any atom is 0.248 e. The predicted octanol–water partition coefficient (Wildman–Crippen LogP) is 5.07. The van der Waals surface area contributed by atoms with Crippen LogP contribution in [-0.2, 0) is 6.54 Å². The van der Waals surface area contributed by atoms with Crippen LogP contribution in [-0.4, -0.2) is 20.9 Å². The maximum atomic E-state index is 11.4. The summed E-state index contributed by atoms with van der Waals surface area (Å²) in [6, 6.07) is 29.1. The number of fused-ring (bicyclic) bond motifs is 1. The molecule has 0 aliphatic heterocycles. The van der Waals surface area contributed by atoms with Crippen molar-refractivity contribution in [3.05, 3.63) is 108 Å². The van der Waals surface area contributed by atoms with E-state index < -0.39 is 5.91 Å². The molecular weight excluding hydrogens is 410 g/mol. The summed E-state index contributed by atoms with van der Waals surface area (Å²) in [7, 11) is 0. The topological polar surface area (TPSA) is 93.8 Å². The van der Waals surface area contributed by atoms with Crippen molar-refractivity contribution in [1.82, 2.24) is 15.0 Å². The minimum atomic E-state index is -0.466. The highest BCUT2D eigenvalue weighted by Crippen LogP contribution is 2.34. The van der Waals surface area contributed by atoms with Crippen LogP contribution in [0.25, 0.3) is 33.4 Å². The van der Waals surface area contributed by atoms with Crippen LogP contribution in [0.3, 0.4) is 0 Å². The van der Waals surface area contributed by atoms with E-state index in [2.05, 4.69) is 28.5 Å². The number of carbonyl (C=O) groups excluding carboxylic acids is 1. The van der Waals surface area contributed by atoms with E-state index in [1.54, 1.807) is 18.3 Å². The fourth-order valence-corrected chi connectivity index (χ4v) is 3.76. The van der Waals surface area contributed by atoms with Crippen molar-refractivity contribution < 1.29 is 4.79 Å². The number of rotatable bonds is 6. The highest BCUT2D eigenvalue weighted by Gasteiger charge is 2.14. The Morgan fingerprint density at radius 2 is 1.58 bits per heavy atom. The van der Waals surface area contributed by atoms with Gasteiger partial charge in [-0.3, -0.25) is 9.78 Å². The van der Waals surface area contributed by atoms with Crippen LogP contribution in [0.5, 0.6) is 0 Å². The SMILES string of the molecule is NC(=O)c1ccc(-c2nc(NCc3ccccn3)c3c(-c4ccccc4)cccc3n2)cc1. The zero-order valence-corrected chi connectivity index (χ0v) is 17.8. The summed E-state index contributed by atoms with van der Waals surface area (Å²) in [6.07, 6.45) is 1.77. The molecule has 0 aliphatic rings. The number of pyridine rings is 1. The number of primary amides is 1. The molecule has 33 heavy (non-hydrogen) atoms. The van der Waals surface area contributed by atoms with Crippen LogP contribution in [0.15, 0.2) is 97.2 Å². The van der Waals surface area contributed by atoms with Crippen molar-refractivity contribution in [1.29, 1.82) is 0 Å². The molecule has 0 unspecified atom stereocenters. The lowest BCUT2D eigenvalue weighted by Gasteiger charge is -2.14. The summed E-state index contributed by atoms with van der Waals surface area (Å²) in [5.74, 6) is 0.817. The molecule has 0 spiro atoms. The summed E-state index contributed by atoms with van der Waals surface area (Å²) in [4.78, 5) is 25.6. The fourth-order valence-electron chi connectivity index (χ4n) is 3.76. The summed E-state index contributed by atoms with van der Waals surface area (Å²) >= 11 is 0. The van der Waals surface area contributed by atoms with Gasteiger partial charge >= 0.3 is 0 Å². The van der Waals surface area contributed by atoms with E-state index in [4.69, 9.17) is 15.7 Å². The molecule has 1 amide bonds. The van der Waals surface area contributed by atoms with E-state index in [9.17, 15) is 4.79 Å². The normalized spacial score (nSPS) is 10.8. The number of carbonyl (C=O) groups is 1. The first-order valence-electron chi connectivity index (χ1n) is 10.6. The van der Waals surface area contributed by atoms with E-state index in [0.717, 1.165) is 39.1 Å². The molecule has 3 N–H and O–H groups in total. The molecule has 0 bridgehead atoms. The molecule has 0 radical (unpaired) electrons. The Morgan fingerprint density at radius 1 is 0.788 bits per heavy atom. The van der Waals surface area contributed by atoms with Crippen molar-refractivity contribution in [2.24, 2.45) is 5.73 Å². The fraction of sp³-hybridized carbons (Fsp3) is 0.0370. The third-order valence-corrected chi connectivity index (χ3v) is 5.40. The smallest absolute Gasteiger partial charge is 0.248 e. The Balaban J connectivity index is 1.65. The number of hydrogen-bond acceptors (Lipinski definition) is 5. The molecule has 0 saturated heterocycles. The number of nitrogens with zero attached hydrogens (tertiary/aromatic N) is 3. The van der Waals surface area contributed by atoms with Gasteiger partial charge in [0.1, 0.15) is 5.82 Å². The number of amides is 1. The Labute approximate surface area is 191 Å². The van der Waals surface area contributed by atoms with Crippen LogP contribution in [0.1, 0.15) is 16.1 Å². The second kappa shape index (κ2) is 8.88. The Hall–Kier alpha value is -4.58. The van der Waals surface area contributed by atoms with Gasteiger partial charge in [-0.05, 0) is 41.5 Å².